The van der Waals surface area contributed by atoms with E-state index in [1.54, 1.807) is 29.0 Å². The molecular weight excluding hydrogens is 454 g/mol. The largest absolute Gasteiger partial charge is 0.508 e. The number of aromatic nitrogens is 4. The number of hydrogen-bond acceptors (Lipinski definition) is 8. The number of benzene rings is 2. The molecule has 178 valence electrons. The summed E-state index contributed by atoms with van der Waals surface area (Å²) in [6, 6.07) is 19.4. The van der Waals surface area contributed by atoms with Crippen molar-refractivity contribution in [2.75, 3.05) is 11.1 Å². The van der Waals surface area contributed by atoms with Gasteiger partial charge in [0.25, 0.3) is 5.56 Å². The summed E-state index contributed by atoms with van der Waals surface area (Å²) in [6.45, 7) is 2.11. The fourth-order valence-corrected chi connectivity index (χ4v) is 4.15. The highest BCUT2D eigenvalue weighted by molar-refractivity contribution is 6.16. The number of pyridine rings is 2. The molecule has 5 rings (SSSR count). The van der Waals surface area contributed by atoms with Gasteiger partial charge in [-0.1, -0.05) is 36.4 Å². The van der Waals surface area contributed by atoms with Gasteiger partial charge in [-0.05, 0) is 48.2 Å². The minimum absolute atomic E-state index is 0.0353. The Bertz CT molecular complexity index is 1680. The maximum Gasteiger partial charge on any atom is 0.264 e. The molecule has 0 saturated heterocycles. The molecule has 0 amide bonds. The average molecular weight is 478 g/mol. The van der Waals surface area contributed by atoms with E-state index in [2.05, 4.69) is 20.3 Å². The fraction of sp³-hybridized carbons (Fsp3) is 0.0741. The van der Waals surface area contributed by atoms with E-state index in [0.717, 1.165) is 10.9 Å². The van der Waals surface area contributed by atoms with Crippen molar-refractivity contribution < 1.29 is 5.11 Å². The Morgan fingerprint density at radius 1 is 1.06 bits per heavy atom. The number of nitrogens with one attached hydrogen (secondary N) is 2. The van der Waals surface area contributed by atoms with Gasteiger partial charge in [0.1, 0.15) is 29.5 Å². The van der Waals surface area contributed by atoms with Crippen LogP contribution >= 0.6 is 0 Å². The molecule has 0 atom stereocenters. The van der Waals surface area contributed by atoms with Crippen molar-refractivity contribution in [2.45, 2.75) is 13.5 Å². The number of nitrogens with two attached hydrogens (primary N) is 1. The lowest BCUT2D eigenvalue weighted by molar-refractivity contribution is 0.475. The first-order valence-electron chi connectivity index (χ1n) is 11.2. The van der Waals surface area contributed by atoms with E-state index in [9.17, 15) is 9.90 Å². The molecule has 0 saturated carbocycles. The van der Waals surface area contributed by atoms with E-state index in [4.69, 9.17) is 11.1 Å². The number of aryl methyl sites for hydroxylation is 1. The van der Waals surface area contributed by atoms with Crippen LogP contribution in [0.4, 0.5) is 11.6 Å². The Labute approximate surface area is 206 Å². The first-order chi connectivity index (χ1) is 17.4. The van der Waals surface area contributed by atoms with Gasteiger partial charge < -0.3 is 16.2 Å². The lowest BCUT2D eigenvalue weighted by atomic mass is 10.0. The number of phenols is 1. The van der Waals surface area contributed by atoms with Gasteiger partial charge in [0, 0.05) is 22.8 Å². The molecule has 5 aromatic rings. The summed E-state index contributed by atoms with van der Waals surface area (Å²) in [5.41, 5.74) is 8.30. The molecule has 3 heterocycles. The number of phenolic OH excluding ortho intramolecular Hbond substituents is 1. The van der Waals surface area contributed by atoms with Crippen molar-refractivity contribution in [3.63, 3.8) is 0 Å². The zero-order chi connectivity index (χ0) is 25.2. The van der Waals surface area contributed by atoms with E-state index in [-0.39, 0.29) is 29.4 Å². The van der Waals surface area contributed by atoms with Crippen molar-refractivity contribution in [2.24, 2.45) is 0 Å². The monoisotopic (exact) mass is 477 g/mol. The van der Waals surface area contributed by atoms with Gasteiger partial charge in [-0.2, -0.15) is 0 Å². The van der Waals surface area contributed by atoms with E-state index < -0.39 is 0 Å². The van der Waals surface area contributed by atoms with Crippen LogP contribution in [0.25, 0.3) is 16.6 Å². The first kappa shape index (κ1) is 22.7. The predicted octanol–water partition coefficient (Wildman–Crippen LogP) is 3.80. The van der Waals surface area contributed by atoms with Crippen LogP contribution in [-0.4, -0.2) is 30.3 Å². The number of nitrogens with zero attached hydrogens (tertiary/aromatic N) is 4. The Morgan fingerprint density at radius 3 is 2.69 bits per heavy atom. The van der Waals surface area contributed by atoms with Gasteiger partial charge in [-0.15, -0.1) is 0 Å². The SMILES string of the molecule is Cc1cccnc1-n1c(CNc2ncnc(N)c2C(=N)c2cccc(O)c2)cc2ccccc2c1=O. The van der Waals surface area contributed by atoms with E-state index in [1.165, 1.54) is 18.5 Å². The number of hydrogen-bond donors (Lipinski definition) is 4. The minimum atomic E-state index is -0.179. The highest BCUT2D eigenvalue weighted by Crippen LogP contribution is 2.24. The maximum absolute atomic E-state index is 13.6. The van der Waals surface area contributed by atoms with Gasteiger partial charge in [0.2, 0.25) is 0 Å². The Balaban J connectivity index is 1.59. The molecule has 0 radical (unpaired) electrons. The summed E-state index contributed by atoms with van der Waals surface area (Å²) in [6.07, 6.45) is 2.97. The molecule has 0 bridgehead atoms. The molecular formula is C27H23N7O2. The summed E-state index contributed by atoms with van der Waals surface area (Å²) in [7, 11) is 0. The molecule has 0 spiro atoms. The molecule has 36 heavy (non-hydrogen) atoms. The highest BCUT2D eigenvalue weighted by atomic mass is 16.3. The second kappa shape index (κ2) is 9.30. The second-order valence-corrected chi connectivity index (χ2v) is 8.27. The van der Waals surface area contributed by atoms with E-state index in [0.29, 0.717) is 33.8 Å². The molecule has 0 aliphatic carbocycles. The fourth-order valence-electron chi connectivity index (χ4n) is 4.15. The summed E-state index contributed by atoms with van der Waals surface area (Å²) in [4.78, 5) is 26.4. The number of rotatable bonds is 6. The van der Waals surface area contributed by atoms with Gasteiger partial charge in [0.15, 0.2) is 0 Å². The van der Waals surface area contributed by atoms with Crippen LogP contribution in [-0.2, 0) is 6.54 Å². The number of anilines is 2. The number of nitrogen functional groups attached to an aromatic ring is 1. The van der Waals surface area contributed by atoms with Gasteiger partial charge in [0.05, 0.1) is 17.8 Å². The maximum atomic E-state index is 13.6. The molecule has 9 nitrogen and oxygen atoms in total. The van der Waals surface area contributed by atoms with Gasteiger partial charge >= 0.3 is 0 Å². The topological polar surface area (TPSA) is 143 Å². The van der Waals surface area contributed by atoms with E-state index >= 15 is 0 Å². The van der Waals surface area contributed by atoms with Gasteiger partial charge in [-0.3, -0.25) is 14.8 Å². The smallest absolute Gasteiger partial charge is 0.264 e. The Hall–Kier alpha value is -5.05. The van der Waals surface area contributed by atoms with Crippen molar-refractivity contribution in [3.05, 3.63) is 112 Å². The first-order valence-corrected chi connectivity index (χ1v) is 11.2. The standard InChI is InChI=1S/C27H23N7O2/c1-16-6-5-11-30-26(16)34-19(12-17-7-2-3-10-21(17)27(34)36)14-31-25-22(24(29)32-15-33-25)23(28)18-8-4-9-20(35)13-18/h2-13,15,28,35H,14H2,1H3,(H3,29,31,32,33). The lowest BCUT2D eigenvalue weighted by Crippen LogP contribution is -2.25. The van der Waals surface area contributed by atoms with Crippen LogP contribution in [0, 0.1) is 12.3 Å². The summed E-state index contributed by atoms with van der Waals surface area (Å²) >= 11 is 0. The quantitative estimate of drug-likeness (QED) is 0.272. The van der Waals surface area contributed by atoms with Crippen molar-refractivity contribution in [1.29, 1.82) is 5.41 Å². The van der Waals surface area contributed by atoms with Crippen LogP contribution in [0.15, 0.2) is 84.0 Å². The van der Waals surface area contributed by atoms with Crippen LogP contribution in [0.2, 0.25) is 0 Å². The third-order valence-electron chi connectivity index (χ3n) is 5.90. The van der Waals surface area contributed by atoms with E-state index in [1.807, 2.05) is 43.3 Å². The summed E-state index contributed by atoms with van der Waals surface area (Å²) in [5.74, 6) is 1.03. The number of aromatic hydroxyl groups is 1. The predicted molar refractivity (Wildman–Crippen MR) is 140 cm³/mol. The molecule has 0 fully saturated rings. The molecule has 0 aliphatic heterocycles. The Kier molecular flexibility index (Phi) is 5.87. The van der Waals surface area contributed by atoms with Crippen LogP contribution in [0.3, 0.4) is 0 Å². The van der Waals surface area contributed by atoms with Crippen molar-refractivity contribution in [1.82, 2.24) is 19.5 Å². The highest BCUT2D eigenvalue weighted by Gasteiger charge is 2.18. The summed E-state index contributed by atoms with van der Waals surface area (Å²) in [5, 5.41) is 23.2. The molecule has 5 N–H and O–H groups in total. The van der Waals surface area contributed by atoms with Gasteiger partial charge in [-0.25, -0.2) is 15.0 Å². The van der Waals surface area contributed by atoms with Crippen LogP contribution in [0.1, 0.15) is 22.4 Å². The Morgan fingerprint density at radius 2 is 1.89 bits per heavy atom. The zero-order valence-electron chi connectivity index (χ0n) is 19.4. The second-order valence-electron chi connectivity index (χ2n) is 8.27. The molecule has 9 heteroatoms. The lowest BCUT2D eigenvalue weighted by Gasteiger charge is -2.18. The zero-order valence-corrected chi connectivity index (χ0v) is 19.4. The number of fused-ring (bicyclic) bond motifs is 1. The third kappa shape index (κ3) is 4.14. The normalized spacial score (nSPS) is 10.9. The molecule has 2 aromatic carbocycles. The average Bonchev–Trinajstić information content (AvgIpc) is 2.88. The molecule has 0 unspecified atom stereocenters. The molecule has 3 aromatic heterocycles. The molecule has 0 aliphatic rings. The third-order valence-corrected chi connectivity index (χ3v) is 5.90. The van der Waals surface area contributed by atoms with Crippen molar-refractivity contribution in [3.8, 4) is 11.6 Å². The van der Waals surface area contributed by atoms with Crippen molar-refractivity contribution >= 4 is 28.1 Å². The van der Waals surface area contributed by atoms with Crippen LogP contribution in [0.5, 0.6) is 5.75 Å². The summed E-state index contributed by atoms with van der Waals surface area (Å²) < 4.78 is 1.59. The minimum Gasteiger partial charge on any atom is -0.508 e. The van der Waals surface area contributed by atoms with Crippen LogP contribution < -0.4 is 16.6 Å².